The maximum absolute atomic E-state index is 12.6. The fourth-order valence-corrected chi connectivity index (χ4v) is 4.57. The summed E-state index contributed by atoms with van der Waals surface area (Å²) in [6.07, 6.45) is -0.538. The molecule has 0 heterocycles. The number of carboxylic acid groups (broad SMARTS) is 1. The lowest BCUT2D eigenvalue weighted by Crippen LogP contribution is -2.25. The highest BCUT2D eigenvalue weighted by atomic mass is 79.9. The Balaban J connectivity index is 1.68. The van der Waals surface area contributed by atoms with Crippen molar-refractivity contribution in [3.63, 3.8) is 0 Å². The first kappa shape index (κ1) is 24.8. The van der Waals surface area contributed by atoms with E-state index in [1.165, 1.54) is 18.2 Å². The number of aliphatic hydroxyl groups is 1. The fraction of sp³-hybridized carbons (Fsp3) is 0.167. The quantitative estimate of drug-likeness (QED) is 0.278. The number of phenolic OH excluding ortho intramolecular Hbond substituents is 1. The zero-order chi connectivity index (χ0) is 24.0. The molecule has 0 radical (unpaired) electrons. The van der Waals surface area contributed by atoms with Gasteiger partial charge in [-0.25, -0.2) is 0 Å². The first-order valence-corrected chi connectivity index (χ1v) is 11.5. The van der Waals surface area contributed by atoms with E-state index in [1.54, 1.807) is 12.1 Å². The first-order valence-electron chi connectivity index (χ1n) is 9.96. The van der Waals surface area contributed by atoms with Crippen LogP contribution in [0.25, 0.3) is 0 Å². The Bertz CT molecular complexity index is 1130. The van der Waals surface area contributed by atoms with Crippen LogP contribution in [0.4, 0.5) is 0 Å². The molecule has 0 aromatic heterocycles. The Labute approximate surface area is 207 Å². The van der Waals surface area contributed by atoms with Crippen LogP contribution in [0.5, 0.6) is 17.2 Å². The van der Waals surface area contributed by atoms with E-state index in [9.17, 15) is 19.8 Å². The van der Waals surface area contributed by atoms with Gasteiger partial charge in [-0.3, -0.25) is 9.59 Å². The smallest absolute Gasteiger partial charge is 0.307 e. The fourth-order valence-electron chi connectivity index (χ4n) is 3.12. The van der Waals surface area contributed by atoms with E-state index in [-0.39, 0.29) is 24.3 Å². The van der Waals surface area contributed by atoms with Gasteiger partial charge in [0.1, 0.15) is 11.5 Å². The van der Waals surface area contributed by atoms with E-state index in [1.807, 2.05) is 30.3 Å². The summed E-state index contributed by atoms with van der Waals surface area (Å²) in [4.78, 5) is 23.5. The van der Waals surface area contributed by atoms with Crippen molar-refractivity contribution in [2.75, 3.05) is 6.54 Å². The summed E-state index contributed by atoms with van der Waals surface area (Å²) in [6, 6.07) is 16.7. The van der Waals surface area contributed by atoms with E-state index in [4.69, 9.17) is 9.84 Å². The number of nitrogens with one attached hydrogen (secondary N) is 1. The monoisotopic (exact) mass is 577 g/mol. The number of hydrogen-bond acceptors (Lipinski definition) is 5. The van der Waals surface area contributed by atoms with Gasteiger partial charge in [-0.05, 0) is 79.7 Å². The van der Waals surface area contributed by atoms with Crippen molar-refractivity contribution in [1.29, 1.82) is 0 Å². The molecule has 0 aliphatic rings. The molecule has 3 aromatic carbocycles. The summed E-state index contributed by atoms with van der Waals surface area (Å²) in [5, 5.41) is 32.0. The molecule has 0 aliphatic carbocycles. The molecule has 0 spiro atoms. The van der Waals surface area contributed by atoms with Gasteiger partial charge in [0.25, 0.3) is 5.91 Å². The number of phenols is 1. The second-order valence-corrected chi connectivity index (χ2v) is 8.92. The van der Waals surface area contributed by atoms with Crippen LogP contribution >= 0.6 is 31.9 Å². The number of rotatable bonds is 9. The highest BCUT2D eigenvalue weighted by molar-refractivity contribution is 9.11. The Hall–Kier alpha value is -2.88. The zero-order valence-electron chi connectivity index (χ0n) is 17.3. The molecule has 4 N–H and O–H groups in total. The normalized spacial score (nSPS) is 11.6. The molecule has 3 rings (SSSR count). The average molecular weight is 579 g/mol. The highest BCUT2D eigenvalue weighted by Crippen LogP contribution is 2.38. The second-order valence-electron chi connectivity index (χ2n) is 7.21. The number of ether oxygens (including phenoxy) is 1. The third-order valence-corrected chi connectivity index (χ3v) is 5.91. The van der Waals surface area contributed by atoms with E-state index in [2.05, 4.69) is 37.2 Å². The number of benzene rings is 3. The Kier molecular flexibility index (Phi) is 8.49. The summed E-state index contributed by atoms with van der Waals surface area (Å²) in [6.45, 7) is 0.210. The topological polar surface area (TPSA) is 116 Å². The number of carbonyl (C=O) groups excluding carboxylic acids is 1. The van der Waals surface area contributed by atoms with Gasteiger partial charge in [0, 0.05) is 6.54 Å². The van der Waals surface area contributed by atoms with Crippen LogP contribution in [0.2, 0.25) is 0 Å². The predicted octanol–water partition coefficient (Wildman–Crippen LogP) is 5.19. The minimum atomic E-state index is -0.951. The number of halogens is 2. The molecule has 0 saturated heterocycles. The van der Waals surface area contributed by atoms with Gasteiger partial charge in [0.15, 0.2) is 5.75 Å². The van der Waals surface area contributed by atoms with Gasteiger partial charge in [-0.15, -0.1) is 0 Å². The number of amides is 1. The lowest BCUT2D eigenvalue weighted by molar-refractivity contribution is -0.136. The van der Waals surface area contributed by atoms with Crippen LogP contribution in [0, 0.1) is 0 Å². The third-order valence-electron chi connectivity index (χ3n) is 4.73. The molecule has 0 fully saturated rings. The number of aromatic hydroxyl groups is 1. The second kappa shape index (κ2) is 11.3. The average Bonchev–Trinajstić information content (AvgIpc) is 2.77. The SMILES string of the molecule is O=C(O)Cc1cc(Br)c(Oc2ccc(O)c(C(=O)NCC[C@H](O)c3ccccc3)c2)c(Br)c1. The third kappa shape index (κ3) is 6.80. The van der Waals surface area contributed by atoms with Crippen LogP contribution in [0.3, 0.4) is 0 Å². The van der Waals surface area contributed by atoms with Crippen molar-refractivity contribution in [3.8, 4) is 17.2 Å². The molecule has 0 bridgehead atoms. The van der Waals surface area contributed by atoms with Crippen molar-refractivity contribution in [2.24, 2.45) is 0 Å². The Morgan fingerprint density at radius 3 is 2.30 bits per heavy atom. The molecule has 3 aromatic rings. The lowest BCUT2D eigenvalue weighted by Gasteiger charge is -2.14. The van der Waals surface area contributed by atoms with Crippen LogP contribution in [0.1, 0.15) is 34.0 Å². The molecule has 0 saturated carbocycles. The summed E-state index contributed by atoms with van der Waals surface area (Å²) < 4.78 is 6.93. The summed E-state index contributed by atoms with van der Waals surface area (Å²) >= 11 is 6.75. The first-order chi connectivity index (χ1) is 15.7. The molecular weight excluding hydrogens is 558 g/mol. The summed E-state index contributed by atoms with van der Waals surface area (Å²) in [7, 11) is 0. The number of hydrogen-bond donors (Lipinski definition) is 4. The van der Waals surface area contributed by atoms with Crippen LogP contribution in [-0.2, 0) is 11.2 Å². The minimum absolute atomic E-state index is 0.0245. The van der Waals surface area contributed by atoms with Gasteiger partial charge in [-0.2, -0.15) is 0 Å². The molecule has 1 atom stereocenters. The van der Waals surface area contributed by atoms with Gasteiger partial charge >= 0.3 is 5.97 Å². The van der Waals surface area contributed by atoms with E-state index < -0.39 is 18.0 Å². The van der Waals surface area contributed by atoms with E-state index >= 15 is 0 Å². The van der Waals surface area contributed by atoms with Crippen molar-refractivity contribution >= 4 is 43.7 Å². The molecule has 1 amide bonds. The molecule has 9 heteroatoms. The van der Waals surface area contributed by atoms with Gasteiger partial charge in [0.05, 0.1) is 27.0 Å². The van der Waals surface area contributed by atoms with Crippen LogP contribution in [-0.4, -0.2) is 33.7 Å². The van der Waals surface area contributed by atoms with Gasteiger partial charge in [0.2, 0.25) is 0 Å². The number of carboxylic acids is 1. The Morgan fingerprint density at radius 2 is 1.67 bits per heavy atom. The number of aliphatic hydroxyl groups excluding tert-OH is 1. The summed E-state index contributed by atoms with van der Waals surface area (Å²) in [5.41, 5.74) is 1.36. The van der Waals surface area contributed by atoms with Crippen molar-refractivity contribution in [3.05, 3.63) is 86.3 Å². The molecular formula is C24H21Br2NO6. The van der Waals surface area contributed by atoms with Crippen molar-refractivity contribution in [2.45, 2.75) is 18.9 Å². The molecule has 0 unspecified atom stereocenters. The lowest BCUT2D eigenvalue weighted by atomic mass is 10.1. The maximum Gasteiger partial charge on any atom is 0.307 e. The molecule has 33 heavy (non-hydrogen) atoms. The van der Waals surface area contributed by atoms with Gasteiger partial charge < -0.3 is 25.4 Å². The van der Waals surface area contributed by atoms with Crippen LogP contribution < -0.4 is 10.1 Å². The number of carbonyl (C=O) groups is 2. The van der Waals surface area contributed by atoms with E-state index in [0.717, 1.165) is 5.56 Å². The van der Waals surface area contributed by atoms with Crippen molar-refractivity contribution in [1.82, 2.24) is 5.32 Å². The van der Waals surface area contributed by atoms with E-state index in [0.29, 0.717) is 32.4 Å². The van der Waals surface area contributed by atoms with Gasteiger partial charge in [-0.1, -0.05) is 30.3 Å². The number of aliphatic carboxylic acids is 1. The standard InChI is InChI=1S/C24H21Br2NO6/c25-18-10-14(12-22(30)31)11-19(26)23(18)33-16-6-7-21(29)17(13-16)24(32)27-9-8-20(28)15-4-2-1-3-5-15/h1-7,10-11,13,20,28-29H,8-9,12H2,(H,27,32)(H,30,31)/t20-/m0/s1. The summed E-state index contributed by atoms with van der Waals surface area (Å²) in [5.74, 6) is -0.971. The Morgan fingerprint density at radius 1 is 1.00 bits per heavy atom. The zero-order valence-corrected chi connectivity index (χ0v) is 20.5. The van der Waals surface area contributed by atoms with Crippen molar-refractivity contribution < 1.29 is 29.6 Å². The maximum atomic E-state index is 12.6. The van der Waals surface area contributed by atoms with Crippen LogP contribution in [0.15, 0.2) is 69.6 Å². The highest BCUT2D eigenvalue weighted by Gasteiger charge is 2.16. The molecule has 172 valence electrons. The molecule has 7 nitrogen and oxygen atoms in total. The minimum Gasteiger partial charge on any atom is -0.507 e. The molecule has 0 aliphatic heterocycles. The predicted molar refractivity (Wildman–Crippen MR) is 130 cm³/mol. The largest absolute Gasteiger partial charge is 0.507 e.